The highest BCUT2D eigenvalue weighted by molar-refractivity contribution is 6.30. The second-order valence-electron chi connectivity index (χ2n) is 5.28. The highest BCUT2D eigenvalue weighted by atomic mass is 35.5. The van der Waals surface area contributed by atoms with Gasteiger partial charge in [-0.05, 0) is 50.1 Å². The van der Waals surface area contributed by atoms with E-state index in [2.05, 4.69) is 10.3 Å². The average molecular weight is 289 g/mol. The summed E-state index contributed by atoms with van der Waals surface area (Å²) < 4.78 is 0. The van der Waals surface area contributed by atoms with E-state index >= 15 is 0 Å². The van der Waals surface area contributed by atoms with Crippen LogP contribution in [0.15, 0.2) is 42.7 Å². The third-order valence-corrected chi connectivity index (χ3v) is 3.64. The van der Waals surface area contributed by atoms with E-state index < -0.39 is 5.41 Å². The molecule has 0 bridgehead atoms. The number of hydrogen-bond donors (Lipinski definition) is 1. The van der Waals surface area contributed by atoms with Gasteiger partial charge in [-0.3, -0.25) is 9.78 Å². The molecule has 0 saturated carbocycles. The topological polar surface area (TPSA) is 42.0 Å². The van der Waals surface area contributed by atoms with Crippen LogP contribution >= 0.6 is 11.6 Å². The molecule has 0 radical (unpaired) electrons. The van der Waals surface area contributed by atoms with Crippen LogP contribution in [-0.4, -0.2) is 10.9 Å². The number of nitrogens with one attached hydrogen (secondary N) is 1. The molecule has 1 aromatic heterocycles. The Labute approximate surface area is 124 Å². The maximum Gasteiger partial charge on any atom is 0.234 e. The van der Waals surface area contributed by atoms with Gasteiger partial charge in [-0.2, -0.15) is 0 Å². The normalized spacial score (nSPS) is 11.2. The van der Waals surface area contributed by atoms with Gasteiger partial charge in [-0.1, -0.05) is 23.7 Å². The molecule has 0 fully saturated rings. The lowest BCUT2D eigenvalue weighted by atomic mass is 9.83. The van der Waals surface area contributed by atoms with E-state index in [1.165, 1.54) is 0 Å². The van der Waals surface area contributed by atoms with Crippen LogP contribution in [0.3, 0.4) is 0 Å². The number of pyridine rings is 1. The van der Waals surface area contributed by atoms with Crippen LogP contribution < -0.4 is 5.32 Å². The van der Waals surface area contributed by atoms with Gasteiger partial charge in [0.2, 0.25) is 5.91 Å². The Hall–Kier alpha value is -1.87. The molecule has 0 spiro atoms. The molecule has 0 atom stereocenters. The molecule has 0 aliphatic rings. The molecule has 0 aliphatic heterocycles. The molecule has 1 amide bonds. The first kappa shape index (κ1) is 14.5. The molecule has 3 nitrogen and oxygen atoms in total. The Morgan fingerprint density at radius 2 is 2.05 bits per heavy atom. The Morgan fingerprint density at radius 3 is 2.70 bits per heavy atom. The molecular formula is C16H17ClN2O. The van der Waals surface area contributed by atoms with Gasteiger partial charge in [0.15, 0.2) is 0 Å². The lowest BCUT2D eigenvalue weighted by Gasteiger charge is -2.24. The van der Waals surface area contributed by atoms with Crippen LogP contribution in [0.1, 0.15) is 25.0 Å². The van der Waals surface area contributed by atoms with E-state index in [0.29, 0.717) is 5.02 Å². The lowest BCUT2D eigenvalue weighted by Crippen LogP contribution is -2.35. The van der Waals surface area contributed by atoms with E-state index in [1.807, 2.05) is 45.0 Å². The van der Waals surface area contributed by atoms with Crippen molar-refractivity contribution in [3.63, 3.8) is 0 Å². The summed E-state index contributed by atoms with van der Waals surface area (Å²) in [6, 6.07) is 9.23. The third-order valence-electron chi connectivity index (χ3n) is 3.40. The number of amides is 1. The minimum absolute atomic E-state index is 0.0872. The molecule has 104 valence electrons. The van der Waals surface area contributed by atoms with Gasteiger partial charge in [0, 0.05) is 11.2 Å². The number of nitrogens with zero attached hydrogens (tertiary/aromatic N) is 1. The molecule has 2 aromatic rings. The largest absolute Gasteiger partial charge is 0.324 e. The zero-order valence-electron chi connectivity index (χ0n) is 11.8. The Morgan fingerprint density at radius 1 is 1.30 bits per heavy atom. The maximum absolute atomic E-state index is 12.5. The second-order valence-corrected chi connectivity index (χ2v) is 5.72. The van der Waals surface area contributed by atoms with Gasteiger partial charge < -0.3 is 5.32 Å². The van der Waals surface area contributed by atoms with Gasteiger partial charge in [0.1, 0.15) is 0 Å². The highest BCUT2D eigenvalue weighted by Gasteiger charge is 2.30. The first-order valence-electron chi connectivity index (χ1n) is 6.39. The Balaban J connectivity index is 2.26. The summed E-state index contributed by atoms with van der Waals surface area (Å²) >= 11 is 6.00. The van der Waals surface area contributed by atoms with E-state index in [0.717, 1.165) is 16.8 Å². The number of benzene rings is 1. The van der Waals surface area contributed by atoms with Gasteiger partial charge in [-0.25, -0.2) is 0 Å². The summed E-state index contributed by atoms with van der Waals surface area (Å²) in [5, 5.41) is 3.55. The maximum atomic E-state index is 12.5. The molecule has 1 N–H and O–H groups in total. The minimum Gasteiger partial charge on any atom is -0.324 e. The SMILES string of the molecule is Cc1ccncc1NC(=O)C(C)(C)c1cccc(Cl)c1. The molecule has 20 heavy (non-hydrogen) atoms. The molecule has 4 heteroatoms. The Kier molecular flexibility index (Phi) is 4.09. The van der Waals surface area contributed by atoms with Crippen molar-refractivity contribution in [2.75, 3.05) is 5.32 Å². The number of hydrogen-bond acceptors (Lipinski definition) is 2. The van der Waals surface area contributed by atoms with Crippen molar-refractivity contribution >= 4 is 23.2 Å². The monoisotopic (exact) mass is 288 g/mol. The number of aryl methyl sites for hydroxylation is 1. The number of rotatable bonds is 3. The number of carbonyl (C=O) groups is 1. The molecular weight excluding hydrogens is 272 g/mol. The number of carbonyl (C=O) groups excluding carboxylic acids is 1. The van der Waals surface area contributed by atoms with Gasteiger partial charge >= 0.3 is 0 Å². The summed E-state index contributed by atoms with van der Waals surface area (Å²) in [4.78, 5) is 16.5. The van der Waals surface area contributed by atoms with Crippen LogP contribution in [0.5, 0.6) is 0 Å². The van der Waals surface area contributed by atoms with Crippen molar-refractivity contribution in [2.45, 2.75) is 26.2 Å². The molecule has 1 aromatic carbocycles. The molecule has 0 aliphatic carbocycles. The standard InChI is InChI=1S/C16H17ClN2O/c1-11-7-8-18-10-14(11)19-15(20)16(2,3)12-5-4-6-13(17)9-12/h4-10H,1-3H3,(H,19,20). The van der Waals surface area contributed by atoms with Crippen molar-refractivity contribution in [2.24, 2.45) is 0 Å². The van der Waals surface area contributed by atoms with Crippen molar-refractivity contribution < 1.29 is 4.79 Å². The number of anilines is 1. The van der Waals surface area contributed by atoms with Crippen molar-refractivity contribution in [1.29, 1.82) is 0 Å². The van der Waals surface area contributed by atoms with Crippen LogP contribution in [-0.2, 0) is 10.2 Å². The average Bonchev–Trinajstić information content (AvgIpc) is 2.41. The van der Waals surface area contributed by atoms with Crippen LogP contribution in [0, 0.1) is 6.92 Å². The first-order chi connectivity index (χ1) is 9.41. The van der Waals surface area contributed by atoms with E-state index in [9.17, 15) is 4.79 Å². The summed E-state index contributed by atoms with van der Waals surface area (Å²) in [6.45, 7) is 5.68. The Bertz CT molecular complexity index is 638. The van der Waals surface area contributed by atoms with E-state index in [1.54, 1.807) is 18.5 Å². The van der Waals surface area contributed by atoms with Crippen molar-refractivity contribution in [3.05, 3.63) is 58.9 Å². The van der Waals surface area contributed by atoms with E-state index in [4.69, 9.17) is 11.6 Å². The molecule has 2 rings (SSSR count). The van der Waals surface area contributed by atoms with Crippen molar-refractivity contribution in [3.8, 4) is 0 Å². The van der Waals surface area contributed by atoms with E-state index in [-0.39, 0.29) is 5.91 Å². The number of halogens is 1. The zero-order chi connectivity index (χ0) is 14.8. The molecule has 0 unspecified atom stereocenters. The fraction of sp³-hybridized carbons (Fsp3) is 0.250. The fourth-order valence-electron chi connectivity index (χ4n) is 1.88. The lowest BCUT2D eigenvalue weighted by molar-refractivity contribution is -0.120. The predicted molar refractivity (Wildman–Crippen MR) is 82.1 cm³/mol. The predicted octanol–water partition coefficient (Wildman–Crippen LogP) is 3.96. The molecule has 0 saturated heterocycles. The summed E-state index contributed by atoms with van der Waals surface area (Å²) in [6.07, 6.45) is 3.36. The molecule has 1 heterocycles. The van der Waals surface area contributed by atoms with Crippen LogP contribution in [0.25, 0.3) is 0 Å². The van der Waals surface area contributed by atoms with Crippen LogP contribution in [0.4, 0.5) is 5.69 Å². The minimum atomic E-state index is -0.673. The second kappa shape index (κ2) is 5.63. The zero-order valence-corrected chi connectivity index (χ0v) is 12.5. The van der Waals surface area contributed by atoms with Crippen molar-refractivity contribution in [1.82, 2.24) is 4.98 Å². The quantitative estimate of drug-likeness (QED) is 0.929. The summed E-state index contributed by atoms with van der Waals surface area (Å²) in [7, 11) is 0. The fourth-order valence-corrected chi connectivity index (χ4v) is 2.07. The van der Waals surface area contributed by atoms with Gasteiger partial charge in [0.05, 0.1) is 17.3 Å². The first-order valence-corrected chi connectivity index (χ1v) is 6.77. The number of aromatic nitrogens is 1. The van der Waals surface area contributed by atoms with Gasteiger partial charge in [-0.15, -0.1) is 0 Å². The summed E-state index contributed by atoms with van der Waals surface area (Å²) in [5.74, 6) is -0.0872. The third kappa shape index (κ3) is 2.99. The summed E-state index contributed by atoms with van der Waals surface area (Å²) in [5.41, 5.74) is 1.92. The van der Waals surface area contributed by atoms with Crippen LogP contribution in [0.2, 0.25) is 5.02 Å². The smallest absolute Gasteiger partial charge is 0.234 e. The highest BCUT2D eigenvalue weighted by Crippen LogP contribution is 2.27. The van der Waals surface area contributed by atoms with Gasteiger partial charge in [0.25, 0.3) is 0 Å².